The molecule has 0 aliphatic carbocycles. The van der Waals surface area contributed by atoms with Crippen molar-refractivity contribution in [2.45, 2.75) is 200 Å². The number of ether oxygens (including phenoxy) is 3. The fourth-order valence-electron chi connectivity index (χ4n) is 6.37. The lowest BCUT2D eigenvalue weighted by Gasteiger charge is -2.18. The molecule has 0 aromatic carbocycles. The number of allylic oxidation sites excluding steroid dienone is 26. The van der Waals surface area contributed by atoms with Crippen molar-refractivity contribution in [3.05, 3.63) is 158 Å². The van der Waals surface area contributed by atoms with E-state index >= 15 is 0 Å². The van der Waals surface area contributed by atoms with Gasteiger partial charge in [-0.15, -0.1) is 0 Å². The van der Waals surface area contributed by atoms with Crippen LogP contribution in [-0.4, -0.2) is 37.2 Å². The summed E-state index contributed by atoms with van der Waals surface area (Å²) in [5.74, 6) is -1.05. The van der Waals surface area contributed by atoms with E-state index in [0.29, 0.717) is 19.3 Å². The first-order chi connectivity index (χ1) is 33.5. The number of carbonyl (C=O) groups excluding carboxylic acids is 3. The largest absolute Gasteiger partial charge is 0.462 e. The van der Waals surface area contributed by atoms with Gasteiger partial charge in [0, 0.05) is 19.3 Å². The molecule has 0 fully saturated rings. The number of unbranched alkanes of at least 4 members (excludes halogenated alkanes) is 8. The monoisotopic (exact) mass is 935 g/mol. The summed E-state index contributed by atoms with van der Waals surface area (Å²) in [6.07, 6.45) is 79.8. The zero-order valence-corrected chi connectivity index (χ0v) is 43.0. The third kappa shape index (κ3) is 52.0. The number of hydrogen-bond donors (Lipinski definition) is 0. The van der Waals surface area contributed by atoms with Gasteiger partial charge in [0.2, 0.25) is 0 Å². The van der Waals surface area contributed by atoms with Gasteiger partial charge >= 0.3 is 17.9 Å². The molecule has 0 aliphatic rings. The maximum Gasteiger partial charge on any atom is 0.306 e. The summed E-state index contributed by atoms with van der Waals surface area (Å²) in [7, 11) is 0. The Bertz CT molecular complexity index is 1590. The average Bonchev–Trinajstić information content (AvgIpc) is 3.34. The first kappa shape index (κ1) is 63.0. The van der Waals surface area contributed by atoms with Crippen molar-refractivity contribution < 1.29 is 28.6 Å². The van der Waals surface area contributed by atoms with Crippen LogP contribution in [-0.2, 0) is 28.6 Å². The van der Waals surface area contributed by atoms with Crippen LogP contribution in [0.3, 0.4) is 0 Å². The minimum atomic E-state index is -0.829. The van der Waals surface area contributed by atoms with E-state index in [-0.39, 0.29) is 44.0 Å². The molecule has 6 nitrogen and oxygen atoms in total. The molecule has 68 heavy (non-hydrogen) atoms. The zero-order chi connectivity index (χ0) is 49.3. The number of hydrogen-bond acceptors (Lipinski definition) is 6. The molecule has 1 atom stereocenters. The quantitative estimate of drug-likeness (QED) is 0.0262. The third-order valence-corrected chi connectivity index (χ3v) is 10.3. The Balaban J connectivity index is 4.43. The number of carbonyl (C=O) groups is 3. The van der Waals surface area contributed by atoms with E-state index in [1.54, 1.807) is 0 Å². The number of rotatable bonds is 45. The van der Waals surface area contributed by atoms with Crippen LogP contribution >= 0.6 is 0 Å². The Labute approximate surface area is 416 Å². The molecule has 0 aliphatic heterocycles. The van der Waals surface area contributed by atoms with Crippen molar-refractivity contribution >= 4 is 17.9 Å². The lowest BCUT2D eigenvalue weighted by molar-refractivity contribution is -0.167. The molecule has 0 amide bonds. The van der Waals surface area contributed by atoms with Gasteiger partial charge in [-0.05, 0) is 122 Å². The van der Waals surface area contributed by atoms with E-state index in [0.717, 1.165) is 122 Å². The summed E-state index contributed by atoms with van der Waals surface area (Å²) >= 11 is 0. The van der Waals surface area contributed by atoms with Crippen LogP contribution in [0.5, 0.6) is 0 Å². The molecule has 0 heterocycles. The molecule has 0 aromatic heterocycles. The third-order valence-electron chi connectivity index (χ3n) is 10.3. The SMILES string of the molecule is CC/C=C\C/C=C\C/C=C\C/C=C\C/C=C\C/C=C\C/C=C\CCCC(=O)OCC(COC(=O)CCCCCCCC)OC(=O)CCCC/C=C\C/C=C\C/C=C\C/C=C\C/C=C\C/C=C\CC. The molecule has 0 radical (unpaired) electrons. The molecular weight excluding hydrogens is 841 g/mol. The van der Waals surface area contributed by atoms with Crippen molar-refractivity contribution in [3.8, 4) is 0 Å². The molecule has 0 saturated heterocycles. The maximum absolute atomic E-state index is 12.8. The highest BCUT2D eigenvalue weighted by Gasteiger charge is 2.19. The van der Waals surface area contributed by atoms with Gasteiger partial charge in [-0.1, -0.05) is 211 Å². The second-order valence-electron chi connectivity index (χ2n) is 16.7. The fourth-order valence-corrected chi connectivity index (χ4v) is 6.37. The predicted molar refractivity (Wildman–Crippen MR) is 292 cm³/mol. The molecule has 0 saturated carbocycles. The van der Waals surface area contributed by atoms with Gasteiger partial charge in [0.25, 0.3) is 0 Å². The fraction of sp³-hybridized carbons (Fsp3) is 0.532. The van der Waals surface area contributed by atoms with Crippen molar-refractivity contribution in [3.63, 3.8) is 0 Å². The Morgan fingerprint density at radius 2 is 0.588 bits per heavy atom. The van der Waals surface area contributed by atoms with Crippen molar-refractivity contribution in [2.75, 3.05) is 13.2 Å². The lowest BCUT2D eigenvalue weighted by atomic mass is 10.1. The van der Waals surface area contributed by atoms with Crippen molar-refractivity contribution in [1.29, 1.82) is 0 Å². The smallest absolute Gasteiger partial charge is 0.306 e. The van der Waals surface area contributed by atoms with Crippen molar-refractivity contribution in [1.82, 2.24) is 0 Å². The Morgan fingerprint density at radius 1 is 0.309 bits per heavy atom. The molecule has 6 heteroatoms. The topological polar surface area (TPSA) is 78.9 Å². The predicted octanol–water partition coefficient (Wildman–Crippen LogP) is 17.8. The standard InChI is InChI=1S/C62H94O6/c1-4-7-10-13-16-18-20-22-24-26-28-30-31-33-34-36-38-40-42-44-46-49-52-55-61(64)67-58-59(57-66-60(63)54-51-48-15-12-9-6-3)68-62(65)56-53-50-47-45-43-41-39-37-35-32-29-27-25-23-21-19-17-14-11-8-5-2/h7-8,10-11,16-19,22-25,28-30,32-34,37-40,43-46,59H,4-6,9,12-15,20-21,26-27,31,35-36,41-42,47-58H2,1-3H3/b10-7-,11-8-,18-16-,19-17-,24-22-,25-23-,30-28-,32-29-,34-33-,39-37-,40-38-,45-43-,46-44-. The van der Waals surface area contributed by atoms with Gasteiger partial charge in [-0.2, -0.15) is 0 Å². The van der Waals surface area contributed by atoms with Gasteiger partial charge in [0.1, 0.15) is 13.2 Å². The molecule has 0 spiro atoms. The summed E-state index contributed by atoms with van der Waals surface area (Å²) in [6.45, 7) is 6.23. The summed E-state index contributed by atoms with van der Waals surface area (Å²) < 4.78 is 16.6. The molecular formula is C62H94O6. The molecule has 0 rings (SSSR count). The van der Waals surface area contributed by atoms with Gasteiger partial charge in [0.05, 0.1) is 0 Å². The Morgan fingerprint density at radius 3 is 0.956 bits per heavy atom. The van der Waals surface area contributed by atoms with Crippen molar-refractivity contribution in [2.24, 2.45) is 0 Å². The molecule has 1 unspecified atom stereocenters. The number of esters is 3. The van der Waals surface area contributed by atoms with E-state index in [9.17, 15) is 14.4 Å². The second-order valence-corrected chi connectivity index (χ2v) is 16.7. The summed E-state index contributed by atoms with van der Waals surface area (Å²) in [6, 6.07) is 0. The zero-order valence-electron chi connectivity index (χ0n) is 43.0. The van der Waals surface area contributed by atoms with E-state index in [4.69, 9.17) is 14.2 Å². The van der Waals surface area contributed by atoms with E-state index in [1.165, 1.54) is 19.3 Å². The van der Waals surface area contributed by atoms with Crippen LogP contribution in [0.1, 0.15) is 194 Å². The van der Waals surface area contributed by atoms with Crippen LogP contribution in [0.4, 0.5) is 0 Å². The summed E-state index contributed by atoms with van der Waals surface area (Å²) in [4.78, 5) is 37.8. The normalized spacial score (nSPS) is 13.4. The van der Waals surface area contributed by atoms with E-state index < -0.39 is 6.10 Å². The summed E-state index contributed by atoms with van der Waals surface area (Å²) in [5.41, 5.74) is 0. The minimum Gasteiger partial charge on any atom is -0.462 e. The van der Waals surface area contributed by atoms with Crippen LogP contribution in [0.25, 0.3) is 0 Å². The average molecular weight is 935 g/mol. The highest BCUT2D eigenvalue weighted by molar-refractivity contribution is 5.71. The molecule has 0 bridgehead atoms. The molecule has 378 valence electrons. The Hall–Kier alpha value is -4.97. The van der Waals surface area contributed by atoms with E-state index in [1.807, 2.05) is 0 Å². The van der Waals surface area contributed by atoms with Crippen LogP contribution < -0.4 is 0 Å². The van der Waals surface area contributed by atoms with Crippen LogP contribution in [0.2, 0.25) is 0 Å². The summed E-state index contributed by atoms with van der Waals surface area (Å²) in [5, 5.41) is 0. The first-order valence-corrected chi connectivity index (χ1v) is 26.5. The second kappa shape index (κ2) is 54.6. The first-order valence-electron chi connectivity index (χ1n) is 26.5. The molecule has 0 aromatic rings. The maximum atomic E-state index is 12.8. The minimum absolute atomic E-state index is 0.121. The van der Waals surface area contributed by atoms with Gasteiger partial charge in [-0.3, -0.25) is 14.4 Å². The highest BCUT2D eigenvalue weighted by Crippen LogP contribution is 2.10. The highest BCUT2D eigenvalue weighted by atomic mass is 16.6. The Kier molecular flexibility index (Phi) is 50.6. The van der Waals surface area contributed by atoms with Gasteiger partial charge in [-0.25, -0.2) is 0 Å². The van der Waals surface area contributed by atoms with Gasteiger partial charge in [0.15, 0.2) is 6.10 Å². The van der Waals surface area contributed by atoms with Gasteiger partial charge < -0.3 is 14.2 Å². The van der Waals surface area contributed by atoms with E-state index in [2.05, 4.69) is 179 Å². The van der Waals surface area contributed by atoms with Crippen LogP contribution in [0, 0.1) is 0 Å². The molecule has 0 N–H and O–H groups in total. The van der Waals surface area contributed by atoms with Crippen LogP contribution in [0.15, 0.2) is 158 Å². The lowest BCUT2D eigenvalue weighted by Crippen LogP contribution is -2.30.